The number of hydrogen-bond acceptors (Lipinski definition) is 2. The van der Waals surface area contributed by atoms with Gasteiger partial charge >= 0.3 is 0 Å². The molecule has 0 saturated carbocycles. The molecule has 0 radical (unpaired) electrons. The molecule has 108 valence electrons. The number of carbonyl (C=O) groups is 1. The van der Waals surface area contributed by atoms with Crippen molar-refractivity contribution in [2.75, 3.05) is 11.9 Å². The van der Waals surface area contributed by atoms with E-state index in [0.29, 0.717) is 6.54 Å². The fourth-order valence-corrected chi connectivity index (χ4v) is 2.90. The summed E-state index contributed by atoms with van der Waals surface area (Å²) in [7, 11) is 0. The maximum atomic E-state index is 12.6. The molecule has 3 heteroatoms. The Morgan fingerprint density at radius 2 is 1.90 bits per heavy atom. The smallest absolute Gasteiger partial charge is 0.229 e. The summed E-state index contributed by atoms with van der Waals surface area (Å²) in [6, 6.07) is 18.3. The summed E-state index contributed by atoms with van der Waals surface area (Å²) in [5, 5.41) is 6.49. The van der Waals surface area contributed by atoms with Crippen molar-refractivity contribution >= 4 is 11.6 Å². The van der Waals surface area contributed by atoms with Gasteiger partial charge in [0.05, 0.1) is 12.0 Å². The second kappa shape index (κ2) is 6.00. The van der Waals surface area contributed by atoms with Gasteiger partial charge in [-0.15, -0.1) is 0 Å². The van der Waals surface area contributed by atoms with E-state index >= 15 is 0 Å². The summed E-state index contributed by atoms with van der Waals surface area (Å²) in [6.45, 7) is 2.77. The topological polar surface area (TPSA) is 41.1 Å². The summed E-state index contributed by atoms with van der Waals surface area (Å²) in [4.78, 5) is 12.6. The second-order valence-corrected chi connectivity index (χ2v) is 5.40. The number of rotatable bonds is 4. The average molecular weight is 280 g/mol. The number of amides is 1. The summed E-state index contributed by atoms with van der Waals surface area (Å²) < 4.78 is 0. The Labute approximate surface area is 125 Å². The standard InChI is InChI=1S/C18H20N2O/c1-2-16(13-8-4-3-5-9-13)20-18(21)15-12-19-17-11-7-6-10-14(15)17/h3-11,15-16,19H,2,12H2,1H3,(H,20,21). The van der Waals surface area contributed by atoms with Crippen LogP contribution in [0.4, 0.5) is 5.69 Å². The molecule has 3 nitrogen and oxygen atoms in total. The van der Waals surface area contributed by atoms with Crippen molar-refractivity contribution in [2.24, 2.45) is 0 Å². The van der Waals surface area contributed by atoms with Crippen LogP contribution >= 0.6 is 0 Å². The monoisotopic (exact) mass is 280 g/mol. The Kier molecular flexibility index (Phi) is 3.91. The number of fused-ring (bicyclic) bond motifs is 1. The molecule has 1 aliphatic rings. The zero-order valence-electron chi connectivity index (χ0n) is 12.2. The lowest BCUT2D eigenvalue weighted by atomic mass is 9.98. The van der Waals surface area contributed by atoms with Crippen molar-refractivity contribution in [1.29, 1.82) is 0 Å². The Morgan fingerprint density at radius 1 is 1.19 bits per heavy atom. The maximum absolute atomic E-state index is 12.6. The van der Waals surface area contributed by atoms with Crippen LogP contribution in [-0.4, -0.2) is 12.5 Å². The fourth-order valence-electron chi connectivity index (χ4n) is 2.90. The van der Waals surface area contributed by atoms with Gasteiger partial charge in [0.2, 0.25) is 5.91 Å². The number of carbonyl (C=O) groups excluding carboxylic acids is 1. The largest absolute Gasteiger partial charge is 0.384 e. The van der Waals surface area contributed by atoms with Gasteiger partial charge < -0.3 is 10.6 Å². The third-order valence-electron chi connectivity index (χ3n) is 4.08. The predicted molar refractivity (Wildman–Crippen MR) is 85.3 cm³/mol. The zero-order chi connectivity index (χ0) is 14.7. The number of anilines is 1. The summed E-state index contributed by atoms with van der Waals surface area (Å²) in [5.41, 5.74) is 3.33. The van der Waals surface area contributed by atoms with E-state index in [9.17, 15) is 4.79 Å². The highest BCUT2D eigenvalue weighted by molar-refractivity contribution is 5.88. The van der Waals surface area contributed by atoms with Crippen molar-refractivity contribution in [1.82, 2.24) is 5.32 Å². The molecule has 21 heavy (non-hydrogen) atoms. The van der Waals surface area contributed by atoms with E-state index in [-0.39, 0.29) is 17.9 Å². The molecule has 1 aliphatic heterocycles. The highest BCUT2D eigenvalue weighted by atomic mass is 16.2. The molecule has 1 amide bonds. The summed E-state index contributed by atoms with van der Waals surface area (Å²) in [5.74, 6) is 0.00196. The van der Waals surface area contributed by atoms with Gasteiger partial charge in [-0.1, -0.05) is 55.5 Å². The Bertz CT molecular complexity index is 624. The molecule has 2 atom stereocenters. The molecule has 1 heterocycles. The van der Waals surface area contributed by atoms with Gasteiger partial charge in [-0.05, 0) is 23.6 Å². The molecule has 0 aromatic heterocycles. The normalized spacial score (nSPS) is 17.7. The summed E-state index contributed by atoms with van der Waals surface area (Å²) in [6.07, 6.45) is 0.886. The van der Waals surface area contributed by atoms with Crippen LogP contribution in [-0.2, 0) is 4.79 Å². The van der Waals surface area contributed by atoms with Crippen LogP contribution in [0.1, 0.15) is 36.4 Å². The Morgan fingerprint density at radius 3 is 2.67 bits per heavy atom. The second-order valence-electron chi connectivity index (χ2n) is 5.40. The van der Waals surface area contributed by atoms with Crippen LogP contribution in [0.5, 0.6) is 0 Å². The predicted octanol–water partition coefficient (Wildman–Crippen LogP) is 3.46. The van der Waals surface area contributed by atoms with E-state index in [4.69, 9.17) is 0 Å². The van der Waals surface area contributed by atoms with E-state index in [1.54, 1.807) is 0 Å². The Balaban J connectivity index is 1.75. The minimum Gasteiger partial charge on any atom is -0.384 e. The van der Waals surface area contributed by atoms with E-state index < -0.39 is 0 Å². The average Bonchev–Trinajstić information content (AvgIpc) is 2.97. The number of para-hydroxylation sites is 1. The van der Waals surface area contributed by atoms with Crippen LogP contribution in [0.3, 0.4) is 0 Å². The van der Waals surface area contributed by atoms with Gasteiger partial charge in [0.25, 0.3) is 0 Å². The quantitative estimate of drug-likeness (QED) is 0.900. The summed E-state index contributed by atoms with van der Waals surface area (Å²) >= 11 is 0. The van der Waals surface area contributed by atoms with E-state index in [0.717, 1.165) is 23.2 Å². The first kappa shape index (κ1) is 13.7. The van der Waals surface area contributed by atoms with Gasteiger partial charge in [-0.25, -0.2) is 0 Å². The fraction of sp³-hybridized carbons (Fsp3) is 0.278. The minimum atomic E-state index is -0.0982. The van der Waals surface area contributed by atoms with Gasteiger partial charge in [0.15, 0.2) is 0 Å². The first-order valence-corrected chi connectivity index (χ1v) is 7.47. The third-order valence-corrected chi connectivity index (χ3v) is 4.08. The Hall–Kier alpha value is -2.29. The van der Waals surface area contributed by atoms with Crippen LogP contribution < -0.4 is 10.6 Å². The lowest BCUT2D eigenvalue weighted by Crippen LogP contribution is -2.33. The molecule has 2 N–H and O–H groups in total. The first-order valence-electron chi connectivity index (χ1n) is 7.47. The lowest BCUT2D eigenvalue weighted by molar-refractivity contribution is -0.122. The van der Waals surface area contributed by atoms with E-state index in [2.05, 4.69) is 29.7 Å². The first-order chi connectivity index (χ1) is 10.3. The zero-order valence-corrected chi connectivity index (χ0v) is 12.2. The van der Waals surface area contributed by atoms with Crippen LogP contribution in [0.2, 0.25) is 0 Å². The van der Waals surface area contributed by atoms with Crippen molar-refractivity contribution in [2.45, 2.75) is 25.3 Å². The molecule has 0 spiro atoms. The van der Waals surface area contributed by atoms with Gasteiger partial charge in [0, 0.05) is 12.2 Å². The number of benzene rings is 2. The number of hydrogen-bond donors (Lipinski definition) is 2. The molecule has 0 bridgehead atoms. The molecule has 3 rings (SSSR count). The molecule has 2 aromatic carbocycles. The van der Waals surface area contributed by atoms with Crippen molar-refractivity contribution in [3.05, 3.63) is 65.7 Å². The van der Waals surface area contributed by atoms with Crippen LogP contribution in [0.15, 0.2) is 54.6 Å². The highest BCUT2D eigenvalue weighted by Crippen LogP contribution is 2.31. The molecule has 0 fully saturated rings. The number of nitrogens with one attached hydrogen (secondary N) is 2. The maximum Gasteiger partial charge on any atom is 0.229 e. The third kappa shape index (κ3) is 2.77. The molecular weight excluding hydrogens is 260 g/mol. The molecule has 0 aliphatic carbocycles. The molecule has 2 aromatic rings. The van der Waals surface area contributed by atoms with Gasteiger partial charge in [0.1, 0.15) is 0 Å². The lowest BCUT2D eigenvalue weighted by Gasteiger charge is -2.20. The van der Waals surface area contributed by atoms with Crippen LogP contribution in [0, 0.1) is 0 Å². The van der Waals surface area contributed by atoms with E-state index in [1.165, 1.54) is 0 Å². The van der Waals surface area contributed by atoms with Crippen molar-refractivity contribution in [3.63, 3.8) is 0 Å². The molecule has 2 unspecified atom stereocenters. The van der Waals surface area contributed by atoms with Gasteiger partial charge in [-0.2, -0.15) is 0 Å². The molecule has 0 saturated heterocycles. The molecular formula is C18H20N2O. The minimum absolute atomic E-state index is 0.0754. The highest BCUT2D eigenvalue weighted by Gasteiger charge is 2.29. The van der Waals surface area contributed by atoms with Crippen LogP contribution in [0.25, 0.3) is 0 Å². The van der Waals surface area contributed by atoms with E-state index in [1.807, 2.05) is 42.5 Å². The van der Waals surface area contributed by atoms with Gasteiger partial charge in [-0.3, -0.25) is 4.79 Å². The van der Waals surface area contributed by atoms with Crippen molar-refractivity contribution < 1.29 is 4.79 Å². The SMILES string of the molecule is CCC(NC(=O)C1CNc2ccccc21)c1ccccc1. The van der Waals surface area contributed by atoms with Crippen molar-refractivity contribution in [3.8, 4) is 0 Å².